The summed E-state index contributed by atoms with van der Waals surface area (Å²) in [5, 5.41) is 9.58. The molecular weight excluding hydrogens is 326 g/mol. The normalized spacial score (nSPS) is 22.9. The molecule has 1 heterocycles. The van der Waals surface area contributed by atoms with E-state index < -0.39 is 0 Å². The molecule has 0 saturated carbocycles. The minimum atomic E-state index is -0.306. The number of methoxy groups -OCH3 is 2. The summed E-state index contributed by atoms with van der Waals surface area (Å²) in [4.78, 5) is 13.9. The van der Waals surface area contributed by atoms with Crippen molar-refractivity contribution in [1.29, 1.82) is 0 Å². The maximum absolute atomic E-state index is 11.8. The van der Waals surface area contributed by atoms with Crippen LogP contribution in [0, 0.1) is 0 Å². The van der Waals surface area contributed by atoms with E-state index in [0.29, 0.717) is 19.5 Å². The summed E-state index contributed by atoms with van der Waals surface area (Å²) in [6.07, 6.45) is 0.648. The van der Waals surface area contributed by atoms with E-state index >= 15 is 0 Å². The Morgan fingerprint density at radius 1 is 1.50 bits per heavy atom. The van der Waals surface area contributed by atoms with Crippen molar-refractivity contribution in [2.75, 3.05) is 20.8 Å². The van der Waals surface area contributed by atoms with Crippen LogP contribution in [-0.2, 0) is 20.8 Å². The number of nitrogens with zero attached hydrogens (tertiary/aromatic N) is 1. The van der Waals surface area contributed by atoms with Crippen LogP contribution in [0.2, 0.25) is 0 Å². The summed E-state index contributed by atoms with van der Waals surface area (Å²) < 4.78 is 11.1. The monoisotopic (exact) mass is 343 g/mol. The average molecular weight is 344 g/mol. The molecule has 1 aromatic rings. The molecule has 0 radical (unpaired) electrons. The maximum Gasteiger partial charge on any atom is 0.323 e. The van der Waals surface area contributed by atoms with E-state index in [1.807, 2.05) is 4.90 Å². The zero-order valence-corrected chi connectivity index (χ0v) is 13.1. The second kappa shape index (κ2) is 6.56. The summed E-state index contributed by atoms with van der Waals surface area (Å²) in [5.74, 6) is -0.0406. The smallest absolute Gasteiger partial charge is 0.323 e. The van der Waals surface area contributed by atoms with Gasteiger partial charge < -0.3 is 14.6 Å². The first-order chi connectivity index (χ1) is 9.55. The highest BCUT2D eigenvalue weighted by Crippen LogP contribution is 2.28. The van der Waals surface area contributed by atoms with E-state index in [4.69, 9.17) is 9.47 Å². The Morgan fingerprint density at radius 3 is 2.90 bits per heavy atom. The molecule has 2 atom stereocenters. The molecule has 0 aliphatic carbocycles. The Hall–Kier alpha value is -1.11. The van der Waals surface area contributed by atoms with E-state index in [-0.39, 0.29) is 23.9 Å². The van der Waals surface area contributed by atoms with E-state index in [2.05, 4.69) is 15.9 Å². The van der Waals surface area contributed by atoms with Crippen LogP contribution in [0.25, 0.3) is 0 Å². The Kier molecular flexibility index (Phi) is 5.01. The highest BCUT2D eigenvalue weighted by molar-refractivity contribution is 9.10. The van der Waals surface area contributed by atoms with E-state index in [1.54, 1.807) is 25.3 Å². The van der Waals surface area contributed by atoms with Gasteiger partial charge in [-0.05, 0) is 23.8 Å². The second-order valence-electron chi connectivity index (χ2n) is 4.84. The average Bonchev–Trinajstić information content (AvgIpc) is 2.85. The van der Waals surface area contributed by atoms with Gasteiger partial charge in [-0.15, -0.1) is 0 Å². The van der Waals surface area contributed by atoms with Gasteiger partial charge in [0.15, 0.2) is 0 Å². The van der Waals surface area contributed by atoms with Crippen molar-refractivity contribution in [3.05, 3.63) is 28.2 Å². The first-order valence-electron chi connectivity index (χ1n) is 6.37. The van der Waals surface area contributed by atoms with Crippen LogP contribution >= 0.6 is 15.9 Å². The number of halogens is 1. The fraction of sp³-hybridized carbons (Fsp3) is 0.500. The molecule has 1 aliphatic heterocycles. The molecule has 5 nitrogen and oxygen atoms in total. The minimum absolute atomic E-state index is 0.0233. The Balaban J connectivity index is 2.17. The van der Waals surface area contributed by atoms with Crippen molar-refractivity contribution in [2.24, 2.45) is 0 Å². The van der Waals surface area contributed by atoms with Crippen LogP contribution < -0.4 is 0 Å². The summed E-state index contributed by atoms with van der Waals surface area (Å²) in [5.41, 5.74) is 0.927. The van der Waals surface area contributed by atoms with Crippen molar-refractivity contribution in [3.8, 4) is 5.75 Å². The van der Waals surface area contributed by atoms with Gasteiger partial charge in [-0.25, -0.2) is 0 Å². The SMILES string of the molecule is COC(=O)[C@@H]1C[C@H](OC)CN1Cc1cc(O)ccc1Br. The predicted octanol–water partition coefficient (Wildman–Crippen LogP) is 1.92. The highest BCUT2D eigenvalue weighted by Gasteiger charge is 2.37. The number of ether oxygens (including phenoxy) is 2. The van der Waals surface area contributed by atoms with Gasteiger partial charge in [0, 0.05) is 31.1 Å². The fourth-order valence-electron chi connectivity index (χ4n) is 2.49. The molecule has 110 valence electrons. The molecule has 6 heteroatoms. The molecule has 0 amide bonds. The van der Waals surface area contributed by atoms with Gasteiger partial charge in [-0.3, -0.25) is 9.69 Å². The number of likely N-dealkylation sites (tertiary alicyclic amines) is 1. The quantitative estimate of drug-likeness (QED) is 0.846. The van der Waals surface area contributed by atoms with Crippen LogP contribution in [0.4, 0.5) is 0 Å². The van der Waals surface area contributed by atoms with Gasteiger partial charge in [0.25, 0.3) is 0 Å². The van der Waals surface area contributed by atoms with Gasteiger partial charge >= 0.3 is 5.97 Å². The number of carbonyl (C=O) groups excluding carboxylic acids is 1. The lowest BCUT2D eigenvalue weighted by molar-refractivity contribution is -0.146. The molecule has 1 saturated heterocycles. The standard InChI is InChI=1S/C14H18BrNO4/c1-19-11-6-13(14(18)20-2)16(8-11)7-9-5-10(17)3-4-12(9)15/h3-5,11,13,17H,6-8H2,1-2H3/t11-,13-/m0/s1. The highest BCUT2D eigenvalue weighted by atomic mass is 79.9. The first kappa shape index (κ1) is 15.3. The van der Waals surface area contributed by atoms with Crippen LogP contribution in [0.15, 0.2) is 22.7 Å². The Morgan fingerprint density at radius 2 is 2.25 bits per heavy atom. The Labute approximate surface area is 126 Å². The third kappa shape index (κ3) is 3.31. The van der Waals surface area contributed by atoms with Crippen LogP contribution in [0.1, 0.15) is 12.0 Å². The molecule has 0 spiro atoms. The topological polar surface area (TPSA) is 59.0 Å². The molecule has 1 N–H and O–H groups in total. The number of benzene rings is 1. The van der Waals surface area contributed by atoms with E-state index in [9.17, 15) is 9.90 Å². The largest absolute Gasteiger partial charge is 0.508 e. The van der Waals surface area contributed by atoms with Crippen molar-refractivity contribution in [2.45, 2.75) is 25.1 Å². The third-order valence-corrected chi connectivity index (χ3v) is 4.35. The maximum atomic E-state index is 11.8. The zero-order chi connectivity index (χ0) is 14.7. The number of phenols is 1. The van der Waals surface area contributed by atoms with Gasteiger partial charge in [-0.1, -0.05) is 15.9 Å². The molecule has 0 unspecified atom stereocenters. The van der Waals surface area contributed by atoms with Crippen molar-refractivity contribution in [1.82, 2.24) is 4.90 Å². The lowest BCUT2D eigenvalue weighted by Gasteiger charge is -2.22. The van der Waals surface area contributed by atoms with E-state index in [1.165, 1.54) is 7.11 Å². The zero-order valence-electron chi connectivity index (χ0n) is 11.5. The van der Waals surface area contributed by atoms with Crippen molar-refractivity contribution in [3.63, 3.8) is 0 Å². The van der Waals surface area contributed by atoms with Crippen molar-refractivity contribution < 1.29 is 19.4 Å². The van der Waals surface area contributed by atoms with Gasteiger partial charge in [-0.2, -0.15) is 0 Å². The molecule has 0 aromatic heterocycles. The van der Waals surface area contributed by atoms with Crippen LogP contribution in [0.3, 0.4) is 0 Å². The molecule has 1 fully saturated rings. The van der Waals surface area contributed by atoms with Gasteiger partial charge in [0.2, 0.25) is 0 Å². The molecule has 0 bridgehead atoms. The van der Waals surface area contributed by atoms with Gasteiger partial charge in [0.1, 0.15) is 11.8 Å². The molecule has 1 aliphatic rings. The van der Waals surface area contributed by atoms with Crippen molar-refractivity contribution >= 4 is 21.9 Å². The number of rotatable bonds is 4. The summed E-state index contributed by atoms with van der Waals surface area (Å²) in [6, 6.07) is 4.80. The minimum Gasteiger partial charge on any atom is -0.508 e. The number of aromatic hydroxyl groups is 1. The fourth-order valence-corrected chi connectivity index (χ4v) is 2.86. The number of phenolic OH excluding ortho intramolecular Hbond substituents is 1. The van der Waals surface area contributed by atoms with E-state index in [0.717, 1.165) is 10.0 Å². The second-order valence-corrected chi connectivity index (χ2v) is 5.69. The van der Waals surface area contributed by atoms with Crippen LogP contribution in [0.5, 0.6) is 5.75 Å². The lowest BCUT2D eigenvalue weighted by Crippen LogP contribution is -2.36. The Bertz CT molecular complexity index is 494. The molecule has 1 aromatic carbocycles. The molecule has 20 heavy (non-hydrogen) atoms. The van der Waals surface area contributed by atoms with Crippen LogP contribution in [-0.4, -0.2) is 48.9 Å². The number of esters is 1. The first-order valence-corrected chi connectivity index (χ1v) is 7.16. The number of hydrogen-bond acceptors (Lipinski definition) is 5. The number of hydrogen-bond donors (Lipinski definition) is 1. The summed E-state index contributed by atoms with van der Waals surface area (Å²) in [6.45, 7) is 1.22. The lowest BCUT2D eigenvalue weighted by atomic mass is 10.1. The number of carbonyl (C=O) groups is 1. The third-order valence-electron chi connectivity index (χ3n) is 3.57. The summed E-state index contributed by atoms with van der Waals surface area (Å²) in [7, 11) is 3.04. The molecular formula is C14H18BrNO4. The summed E-state index contributed by atoms with van der Waals surface area (Å²) >= 11 is 3.46. The predicted molar refractivity (Wildman–Crippen MR) is 77.4 cm³/mol. The molecule has 2 rings (SSSR count). The van der Waals surface area contributed by atoms with Gasteiger partial charge in [0.05, 0.1) is 13.2 Å².